The Kier molecular flexibility index (Phi) is 8.51. The summed E-state index contributed by atoms with van der Waals surface area (Å²) in [6.07, 6.45) is -0.569. The van der Waals surface area contributed by atoms with Gasteiger partial charge in [-0.05, 0) is 81.1 Å². The number of benzene rings is 2. The zero-order valence-corrected chi connectivity index (χ0v) is 20.1. The number of hydrogen-bond acceptors (Lipinski definition) is 6. The third kappa shape index (κ3) is 7.99. The van der Waals surface area contributed by atoms with Crippen molar-refractivity contribution in [2.45, 2.75) is 65.1 Å². The summed E-state index contributed by atoms with van der Waals surface area (Å²) in [6.45, 7) is 8.66. The Balaban J connectivity index is 2.26. The Bertz CT molecular complexity index is 1060. The molecular weight excluding hydrogens is 438 g/mol. The molecule has 0 radical (unpaired) electrons. The largest absolute Gasteiger partial charge is 0.508 e. The number of hydrogen-bond donors (Lipinski definition) is 5. The number of aryl methyl sites for hydroxylation is 2. The van der Waals surface area contributed by atoms with Crippen LogP contribution in [0.5, 0.6) is 11.5 Å². The van der Waals surface area contributed by atoms with Crippen molar-refractivity contribution in [3.63, 3.8) is 0 Å². The second kappa shape index (κ2) is 10.9. The van der Waals surface area contributed by atoms with E-state index in [-0.39, 0.29) is 24.3 Å². The Morgan fingerprint density at radius 3 is 1.76 bits per heavy atom. The van der Waals surface area contributed by atoms with E-state index in [1.165, 1.54) is 12.1 Å². The topological polar surface area (TPSA) is 151 Å². The van der Waals surface area contributed by atoms with Crippen LogP contribution in [0.3, 0.4) is 0 Å². The SMILES string of the molecule is Cc1cc(O)ccc1C[C@H](NC(=O)[C@H](Cc1ccc(O)cc1C)NC(=O)OC(C)(C)C)C(N)=O. The van der Waals surface area contributed by atoms with Gasteiger partial charge in [0, 0.05) is 12.8 Å². The van der Waals surface area contributed by atoms with Crippen molar-refractivity contribution in [3.05, 3.63) is 58.7 Å². The molecular formula is C25H33N3O6. The smallest absolute Gasteiger partial charge is 0.408 e. The first-order valence-corrected chi connectivity index (χ1v) is 10.9. The zero-order chi connectivity index (χ0) is 25.6. The van der Waals surface area contributed by atoms with E-state index in [1.54, 1.807) is 58.9 Å². The predicted molar refractivity (Wildman–Crippen MR) is 127 cm³/mol. The zero-order valence-electron chi connectivity index (χ0n) is 20.1. The summed E-state index contributed by atoms with van der Waals surface area (Å²) in [5.74, 6) is -1.18. The Hall–Kier alpha value is -3.75. The Morgan fingerprint density at radius 2 is 1.35 bits per heavy atom. The van der Waals surface area contributed by atoms with Crippen molar-refractivity contribution in [2.24, 2.45) is 5.73 Å². The molecule has 0 fully saturated rings. The molecule has 34 heavy (non-hydrogen) atoms. The van der Waals surface area contributed by atoms with Crippen molar-refractivity contribution in [1.29, 1.82) is 0 Å². The third-order valence-corrected chi connectivity index (χ3v) is 5.17. The fourth-order valence-electron chi connectivity index (χ4n) is 3.41. The van der Waals surface area contributed by atoms with E-state index < -0.39 is 35.6 Å². The van der Waals surface area contributed by atoms with Gasteiger partial charge in [0.1, 0.15) is 29.2 Å². The number of phenolic OH excluding ortho intramolecular Hbond substituents is 2. The fraction of sp³-hybridized carbons (Fsp3) is 0.400. The van der Waals surface area contributed by atoms with Crippen LogP contribution in [-0.4, -0.2) is 45.8 Å². The van der Waals surface area contributed by atoms with Crippen molar-refractivity contribution in [3.8, 4) is 11.5 Å². The predicted octanol–water partition coefficient (Wildman–Crippen LogP) is 2.36. The quantitative estimate of drug-likeness (QED) is 0.399. The highest BCUT2D eigenvalue weighted by Gasteiger charge is 2.28. The highest BCUT2D eigenvalue weighted by atomic mass is 16.6. The molecule has 6 N–H and O–H groups in total. The first kappa shape index (κ1) is 26.5. The van der Waals surface area contributed by atoms with Gasteiger partial charge < -0.3 is 31.3 Å². The maximum Gasteiger partial charge on any atom is 0.408 e. The number of aromatic hydroxyl groups is 2. The van der Waals surface area contributed by atoms with Gasteiger partial charge in [0.05, 0.1) is 0 Å². The lowest BCUT2D eigenvalue weighted by Crippen LogP contribution is -2.55. The molecule has 2 aromatic carbocycles. The van der Waals surface area contributed by atoms with Gasteiger partial charge in [-0.25, -0.2) is 4.79 Å². The van der Waals surface area contributed by atoms with E-state index >= 15 is 0 Å². The second-order valence-electron chi connectivity index (χ2n) is 9.29. The van der Waals surface area contributed by atoms with E-state index in [4.69, 9.17) is 10.5 Å². The lowest BCUT2D eigenvalue weighted by Gasteiger charge is -2.25. The van der Waals surface area contributed by atoms with Gasteiger partial charge in [-0.2, -0.15) is 0 Å². The van der Waals surface area contributed by atoms with Crippen LogP contribution in [0.2, 0.25) is 0 Å². The summed E-state index contributed by atoms with van der Waals surface area (Å²) < 4.78 is 5.30. The summed E-state index contributed by atoms with van der Waals surface area (Å²) >= 11 is 0. The average molecular weight is 472 g/mol. The molecule has 9 heteroatoms. The maximum absolute atomic E-state index is 13.2. The van der Waals surface area contributed by atoms with Crippen molar-refractivity contribution in [1.82, 2.24) is 10.6 Å². The highest BCUT2D eigenvalue weighted by molar-refractivity contribution is 5.91. The molecule has 0 heterocycles. The first-order chi connectivity index (χ1) is 15.7. The van der Waals surface area contributed by atoms with E-state index in [1.807, 2.05) is 0 Å². The van der Waals surface area contributed by atoms with Gasteiger partial charge in [-0.1, -0.05) is 12.1 Å². The number of carbonyl (C=O) groups is 3. The van der Waals surface area contributed by atoms with Gasteiger partial charge >= 0.3 is 6.09 Å². The number of rotatable bonds is 8. The molecule has 2 atom stereocenters. The number of phenols is 2. The molecule has 0 spiro atoms. The van der Waals surface area contributed by atoms with Crippen LogP contribution in [0.15, 0.2) is 36.4 Å². The molecule has 0 aromatic heterocycles. The van der Waals surface area contributed by atoms with E-state index in [0.29, 0.717) is 0 Å². The lowest BCUT2D eigenvalue weighted by atomic mass is 9.98. The molecule has 0 saturated carbocycles. The minimum absolute atomic E-state index is 0.0837. The minimum atomic E-state index is -1.07. The molecule has 2 aromatic rings. The van der Waals surface area contributed by atoms with Crippen molar-refractivity contribution >= 4 is 17.9 Å². The number of nitrogens with two attached hydrogens (primary N) is 1. The molecule has 0 aliphatic rings. The first-order valence-electron chi connectivity index (χ1n) is 10.9. The molecule has 9 nitrogen and oxygen atoms in total. The molecule has 0 saturated heterocycles. The monoisotopic (exact) mass is 471 g/mol. The van der Waals surface area contributed by atoms with Crippen LogP contribution >= 0.6 is 0 Å². The van der Waals surface area contributed by atoms with Crippen LogP contribution in [0, 0.1) is 13.8 Å². The summed E-state index contributed by atoms with van der Waals surface area (Å²) in [7, 11) is 0. The average Bonchev–Trinajstić information content (AvgIpc) is 2.69. The standard InChI is InChI=1S/C25H33N3O6/c1-14-10-18(29)8-6-16(14)12-20(22(26)31)27-23(32)21(28-24(33)34-25(3,4)5)13-17-7-9-19(30)11-15(17)2/h6-11,20-21,29-30H,12-13H2,1-5H3,(H2,26,31)(H,27,32)(H,28,33)/t20-,21-/m0/s1. The van der Waals surface area contributed by atoms with E-state index in [2.05, 4.69) is 10.6 Å². The van der Waals surface area contributed by atoms with Crippen LogP contribution < -0.4 is 16.4 Å². The normalized spacial score (nSPS) is 13.0. The maximum atomic E-state index is 13.2. The van der Waals surface area contributed by atoms with E-state index in [0.717, 1.165) is 22.3 Å². The van der Waals surface area contributed by atoms with Crippen LogP contribution in [-0.2, 0) is 27.2 Å². The van der Waals surface area contributed by atoms with Gasteiger partial charge in [-0.15, -0.1) is 0 Å². The minimum Gasteiger partial charge on any atom is -0.508 e. The summed E-state index contributed by atoms with van der Waals surface area (Å²) in [6, 6.07) is 7.29. The Morgan fingerprint density at radius 1 is 0.882 bits per heavy atom. The summed E-state index contributed by atoms with van der Waals surface area (Å²) in [5, 5.41) is 24.5. The third-order valence-electron chi connectivity index (χ3n) is 5.17. The number of carbonyl (C=O) groups excluding carboxylic acids is 3. The molecule has 2 rings (SSSR count). The summed E-state index contributed by atoms with van der Waals surface area (Å²) in [4.78, 5) is 37.7. The van der Waals surface area contributed by atoms with Crippen LogP contribution in [0.25, 0.3) is 0 Å². The number of nitrogens with one attached hydrogen (secondary N) is 2. The van der Waals surface area contributed by atoms with Crippen molar-refractivity contribution < 1.29 is 29.3 Å². The molecule has 3 amide bonds. The van der Waals surface area contributed by atoms with Gasteiger partial charge in [-0.3, -0.25) is 9.59 Å². The lowest BCUT2D eigenvalue weighted by molar-refractivity contribution is -0.128. The van der Waals surface area contributed by atoms with Gasteiger partial charge in [0.25, 0.3) is 0 Å². The second-order valence-corrected chi connectivity index (χ2v) is 9.29. The molecule has 0 unspecified atom stereocenters. The van der Waals surface area contributed by atoms with Gasteiger partial charge in [0.2, 0.25) is 11.8 Å². The number of ether oxygens (including phenoxy) is 1. The fourth-order valence-corrected chi connectivity index (χ4v) is 3.41. The number of amides is 3. The molecule has 0 aliphatic heterocycles. The van der Waals surface area contributed by atoms with Crippen LogP contribution in [0.4, 0.5) is 4.79 Å². The molecule has 0 bridgehead atoms. The molecule has 184 valence electrons. The Labute approximate surface area is 199 Å². The molecule has 0 aliphatic carbocycles. The van der Waals surface area contributed by atoms with E-state index in [9.17, 15) is 24.6 Å². The summed E-state index contributed by atoms with van der Waals surface area (Å²) in [5.41, 5.74) is 7.70. The van der Waals surface area contributed by atoms with Crippen molar-refractivity contribution in [2.75, 3.05) is 0 Å². The van der Waals surface area contributed by atoms with Crippen LogP contribution in [0.1, 0.15) is 43.0 Å². The van der Waals surface area contributed by atoms with Gasteiger partial charge in [0.15, 0.2) is 0 Å². The highest BCUT2D eigenvalue weighted by Crippen LogP contribution is 2.19. The number of alkyl carbamates (subject to hydrolysis) is 1. The number of primary amides is 1.